The summed E-state index contributed by atoms with van der Waals surface area (Å²) in [7, 11) is 0. The highest BCUT2D eigenvalue weighted by atomic mass is 16.5. The molecule has 0 bridgehead atoms. The molecule has 0 unspecified atom stereocenters. The Labute approximate surface area is 167 Å². The molecule has 0 spiro atoms. The second kappa shape index (κ2) is 6.98. The van der Waals surface area contributed by atoms with E-state index in [0.29, 0.717) is 11.1 Å². The maximum atomic E-state index is 12.7. The maximum Gasteiger partial charge on any atom is 0.251 e. The van der Waals surface area contributed by atoms with E-state index in [1.165, 1.54) is 0 Å². The van der Waals surface area contributed by atoms with Crippen LogP contribution < -0.4 is 10.1 Å². The molecular formula is C24H28N2O2. The number of carbonyl (C=O) groups excluding carboxylic acids is 1. The van der Waals surface area contributed by atoms with Crippen LogP contribution in [-0.4, -0.2) is 18.1 Å². The molecule has 0 atom stereocenters. The van der Waals surface area contributed by atoms with Gasteiger partial charge in [-0.1, -0.05) is 45.4 Å². The van der Waals surface area contributed by atoms with Crippen LogP contribution in [0.5, 0.6) is 5.75 Å². The molecule has 0 aromatic heterocycles. The fourth-order valence-electron chi connectivity index (χ4n) is 4.69. The third kappa shape index (κ3) is 3.38. The van der Waals surface area contributed by atoms with Crippen molar-refractivity contribution >= 4 is 5.91 Å². The first-order chi connectivity index (χ1) is 13.1. The lowest BCUT2D eigenvalue weighted by molar-refractivity contribution is -0.164. The van der Waals surface area contributed by atoms with Gasteiger partial charge >= 0.3 is 0 Å². The zero-order valence-electron chi connectivity index (χ0n) is 17.5. The third-order valence-corrected chi connectivity index (χ3v) is 6.00. The SMILES string of the molecule is Cc1ccc(C(=O)NC2C(C)(C)C(Oc3ccc(C#N)c(C)c3)C2(C)C)cc1. The fraction of sp³-hybridized carbons (Fsp3) is 0.417. The first-order valence-electron chi connectivity index (χ1n) is 9.62. The molecule has 28 heavy (non-hydrogen) atoms. The lowest BCUT2D eigenvalue weighted by Gasteiger charge is -2.63. The van der Waals surface area contributed by atoms with Crippen molar-refractivity contribution in [1.29, 1.82) is 5.26 Å². The van der Waals surface area contributed by atoms with Crippen LogP contribution >= 0.6 is 0 Å². The summed E-state index contributed by atoms with van der Waals surface area (Å²) in [6.07, 6.45) is -0.0596. The summed E-state index contributed by atoms with van der Waals surface area (Å²) in [6.45, 7) is 12.4. The normalized spacial score (nSPS) is 21.9. The molecule has 0 radical (unpaired) electrons. The van der Waals surface area contributed by atoms with Crippen molar-refractivity contribution in [2.75, 3.05) is 0 Å². The Morgan fingerprint density at radius 3 is 2.18 bits per heavy atom. The molecular weight excluding hydrogens is 348 g/mol. The van der Waals surface area contributed by atoms with Gasteiger partial charge in [0.25, 0.3) is 5.91 Å². The topological polar surface area (TPSA) is 62.1 Å². The van der Waals surface area contributed by atoms with E-state index in [1.807, 2.05) is 50.2 Å². The molecule has 1 aliphatic rings. The predicted octanol–water partition coefficient (Wildman–Crippen LogP) is 4.79. The Morgan fingerprint density at radius 1 is 1.04 bits per heavy atom. The van der Waals surface area contributed by atoms with Gasteiger partial charge < -0.3 is 10.1 Å². The van der Waals surface area contributed by atoms with Crippen molar-refractivity contribution in [3.63, 3.8) is 0 Å². The molecule has 0 aliphatic heterocycles. The number of nitriles is 1. The Morgan fingerprint density at radius 2 is 1.64 bits per heavy atom. The minimum absolute atomic E-state index is 0.0155. The summed E-state index contributed by atoms with van der Waals surface area (Å²) in [5.41, 5.74) is 2.90. The van der Waals surface area contributed by atoms with Gasteiger partial charge in [-0.15, -0.1) is 0 Å². The van der Waals surface area contributed by atoms with E-state index in [2.05, 4.69) is 39.1 Å². The number of ether oxygens (including phenoxy) is 1. The van der Waals surface area contributed by atoms with Crippen molar-refractivity contribution in [1.82, 2.24) is 5.32 Å². The number of rotatable bonds is 4. The number of hydrogen-bond donors (Lipinski definition) is 1. The van der Waals surface area contributed by atoms with Crippen molar-refractivity contribution in [3.8, 4) is 11.8 Å². The quantitative estimate of drug-likeness (QED) is 0.835. The van der Waals surface area contributed by atoms with Crippen LogP contribution in [0.3, 0.4) is 0 Å². The van der Waals surface area contributed by atoms with E-state index in [9.17, 15) is 4.79 Å². The van der Waals surface area contributed by atoms with E-state index in [1.54, 1.807) is 6.07 Å². The minimum atomic E-state index is -0.230. The molecule has 1 N–H and O–H groups in total. The van der Waals surface area contributed by atoms with Crippen LogP contribution in [0, 0.1) is 36.0 Å². The molecule has 146 valence electrons. The molecule has 1 saturated carbocycles. The second-order valence-corrected chi connectivity index (χ2v) is 9.00. The standard InChI is InChI=1S/C24H28N2O2/c1-15-7-9-17(10-8-15)20(27)26-21-23(3,4)22(24(21,5)6)28-19-12-11-18(14-25)16(2)13-19/h7-13,21-22H,1-6H3,(H,26,27). The molecule has 0 saturated heterocycles. The molecule has 2 aromatic rings. The highest BCUT2D eigenvalue weighted by Crippen LogP contribution is 2.55. The zero-order chi connectivity index (χ0) is 20.7. The highest BCUT2D eigenvalue weighted by molar-refractivity contribution is 5.94. The second-order valence-electron chi connectivity index (χ2n) is 9.00. The molecule has 0 heterocycles. The molecule has 1 amide bonds. The number of carbonyl (C=O) groups is 1. The van der Waals surface area contributed by atoms with Crippen LogP contribution in [0.25, 0.3) is 0 Å². The highest BCUT2D eigenvalue weighted by Gasteiger charge is 2.64. The number of aryl methyl sites for hydroxylation is 2. The van der Waals surface area contributed by atoms with Gasteiger partial charge in [0, 0.05) is 22.4 Å². The summed E-state index contributed by atoms with van der Waals surface area (Å²) < 4.78 is 6.33. The van der Waals surface area contributed by atoms with Crippen molar-refractivity contribution in [2.24, 2.45) is 10.8 Å². The van der Waals surface area contributed by atoms with Gasteiger partial charge in [-0.3, -0.25) is 4.79 Å². The minimum Gasteiger partial charge on any atom is -0.489 e. The van der Waals surface area contributed by atoms with Gasteiger partial charge in [0.2, 0.25) is 0 Å². The molecule has 4 nitrogen and oxygen atoms in total. The Kier molecular flexibility index (Phi) is 4.97. The average Bonchev–Trinajstić information content (AvgIpc) is 2.64. The van der Waals surface area contributed by atoms with Gasteiger partial charge in [-0.2, -0.15) is 5.26 Å². The molecule has 1 aliphatic carbocycles. The zero-order valence-corrected chi connectivity index (χ0v) is 17.5. The van der Waals surface area contributed by atoms with E-state index in [-0.39, 0.29) is 28.9 Å². The van der Waals surface area contributed by atoms with Crippen LogP contribution in [0.2, 0.25) is 0 Å². The number of amides is 1. The number of nitrogens with zero attached hydrogens (tertiary/aromatic N) is 1. The smallest absolute Gasteiger partial charge is 0.251 e. The van der Waals surface area contributed by atoms with Gasteiger partial charge in [-0.25, -0.2) is 0 Å². The Hall–Kier alpha value is -2.80. The number of nitrogens with one attached hydrogen (secondary N) is 1. The van der Waals surface area contributed by atoms with E-state index in [0.717, 1.165) is 16.9 Å². The summed E-state index contributed by atoms with van der Waals surface area (Å²) >= 11 is 0. The summed E-state index contributed by atoms with van der Waals surface area (Å²) in [4.78, 5) is 12.7. The third-order valence-electron chi connectivity index (χ3n) is 6.00. The van der Waals surface area contributed by atoms with Gasteiger partial charge in [0.1, 0.15) is 11.9 Å². The summed E-state index contributed by atoms with van der Waals surface area (Å²) in [5, 5.41) is 12.3. The van der Waals surface area contributed by atoms with Crippen molar-refractivity contribution in [3.05, 3.63) is 64.7 Å². The Bertz CT molecular complexity index is 920. The van der Waals surface area contributed by atoms with Crippen molar-refractivity contribution < 1.29 is 9.53 Å². The first-order valence-corrected chi connectivity index (χ1v) is 9.62. The fourth-order valence-corrected chi connectivity index (χ4v) is 4.69. The molecule has 2 aromatic carbocycles. The first kappa shape index (κ1) is 19.9. The summed E-state index contributed by atoms with van der Waals surface area (Å²) in [5.74, 6) is 0.699. The van der Waals surface area contributed by atoms with Gasteiger partial charge in [0.15, 0.2) is 0 Å². The molecule has 3 rings (SSSR count). The molecule has 4 heteroatoms. The van der Waals surface area contributed by atoms with Gasteiger partial charge in [0.05, 0.1) is 11.6 Å². The van der Waals surface area contributed by atoms with Gasteiger partial charge in [-0.05, 0) is 49.7 Å². The lowest BCUT2D eigenvalue weighted by Crippen LogP contribution is -2.74. The van der Waals surface area contributed by atoms with Crippen LogP contribution in [0.15, 0.2) is 42.5 Å². The Balaban J connectivity index is 1.76. The number of hydrogen-bond acceptors (Lipinski definition) is 3. The average molecular weight is 377 g/mol. The predicted molar refractivity (Wildman–Crippen MR) is 110 cm³/mol. The lowest BCUT2D eigenvalue weighted by atomic mass is 9.49. The monoisotopic (exact) mass is 376 g/mol. The number of benzene rings is 2. The molecule has 1 fully saturated rings. The maximum absolute atomic E-state index is 12.7. The van der Waals surface area contributed by atoms with E-state index < -0.39 is 0 Å². The summed E-state index contributed by atoms with van der Waals surface area (Å²) in [6, 6.07) is 15.3. The van der Waals surface area contributed by atoms with E-state index >= 15 is 0 Å². The van der Waals surface area contributed by atoms with Crippen molar-refractivity contribution in [2.45, 2.75) is 53.7 Å². The van der Waals surface area contributed by atoms with Crippen LogP contribution in [0.4, 0.5) is 0 Å². The largest absolute Gasteiger partial charge is 0.489 e. The van der Waals surface area contributed by atoms with Crippen LogP contribution in [-0.2, 0) is 0 Å². The van der Waals surface area contributed by atoms with Crippen LogP contribution in [0.1, 0.15) is 54.7 Å². The van der Waals surface area contributed by atoms with E-state index in [4.69, 9.17) is 10.00 Å².